The van der Waals surface area contributed by atoms with Gasteiger partial charge in [0, 0.05) is 24.7 Å². The Morgan fingerprint density at radius 3 is 2.70 bits per heavy atom. The number of hydrogen-bond acceptors (Lipinski definition) is 3. The van der Waals surface area contributed by atoms with Crippen molar-refractivity contribution in [2.75, 3.05) is 6.54 Å². The normalized spacial score (nSPS) is 17.4. The maximum absolute atomic E-state index is 12.5. The van der Waals surface area contributed by atoms with Crippen molar-refractivity contribution in [3.63, 3.8) is 0 Å². The largest absolute Gasteiger partial charge is 0.338 e. The van der Waals surface area contributed by atoms with Crippen molar-refractivity contribution in [3.8, 4) is 0 Å². The molecule has 3 rings (SSSR count). The van der Waals surface area contributed by atoms with E-state index in [0.29, 0.717) is 6.54 Å². The van der Waals surface area contributed by atoms with Gasteiger partial charge in [-0.2, -0.15) is 0 Å². The van der Waals surface area contributed by atoms with Crippen LogP contribution >= 0.6 is 0 Å². The Kier molecular flexibility index (Phi) is 4.41. The molecule has 2 aromatic rings. The first-order chi connectivity index (χ1) is 11.1. The number of hydrogen-bond donors (Lipinski definition) is 1. The molecule has 1 aromatic carbocycles. The van der Waals surface area contributed by atoms with Crippen LogP contribution in [0.15, 0.2) is 52.1 Å². The zero-order valence-corrected chi connectivity index (χ0v) is 12.8. The van der Waals surface area contributed by atoms with Crippen molar-refractivity contribution in [2.45, 2.75) is 31.8 Å². The fourth-order valence-electron chi connectivity index (χ4n) is 3.07. The fraction of sp³-hybridized carbons (Fsp3) is 0.353. The second-order valence-corrected chi connectivity index (χ2v) is 5.81. The Morgan fingerprint density at radius 2 is 1.91 bits per heavy atom. The first-order valence-corrected chi connectivity index (χ1v) is 7.77. The molecule has 6 nitrogen and oxygen atoms in total. The second-order valence-electron chi connectivity index (χ2n) is 5.81. The van der Waals surface area contributed by atoms with Gasteiger partial charge in [-0.3, -0.25) is 19.5 Å². The molecule has 1 fully saturated rings. The van der Waals surface area contributed by atoms with E-state index in [2.05, 4.69) is 17.2 Å². The average molecular weight is 313 g/mol. The van der Waals surface area contributed by atoms with Crippen LogP contribution in [0.3, 0.4) is 0 Å². The average Bonchev–Trinajstić information content (AvgIpc) is 3.00. The van der Waals surface area contributed by atoms with Crippen LogP contribution in [0.1, 0.15) is 18.4 Å². The molecular weight excluding hydrogens is 294 g/mol. The number of rotatable bonds is 4. The highest BCUT2D eigenvalue weighted by Gasteiger charge is 2.28. The first kappa shape index (κ1) is 15.3. The lowest BCUT2D eigenvalue weighted by Gasteiger charge is -2.25. The van der Waals surface area contributed by atoms with E-state index in [-0.39, 0.29) is 29.6 Å². The van der Waals surface area contributed by atoms with E-state index in [0.717, 1.165) is 30.0 Å². The van der Waals surface area contributed by atoms with Crippen molar-refractivity contribution in [2.24, 2.45) is 0 Å². The summed E-state index contributed by atoms with van der Waals surface area (Å²) in [6, 6.07) is 12.6. The van der Waals surface area contributed by atoms with Crippen LogP contribution in [0, 0.1) is 0 Å². The summed E-state index contributed by atoms with van der Waals surface area (Å²) in [5.74, 6) is -0.132. The van der Waals surface area contributed by atoms with Gasteiger partial charge in [0.05, 0.1) is 0 Å². The Labute approximate surface area is 133 Å². The maximum Gasteiger partial charge on any atom is 0.265 e. The molecule has 120 valence electrons. The van der Waals surface area contributed by atoms with E-state index in [1.165, 1.54) is 11.6 Å². The van der Waals surface area contributed by atoms with Crippen LogP contribution in [0.5, 0.6) is 0 Å². The third kappa shape index (κ3) is 3.59. The molecule has 0 aliphatic carbocycles. The Balaban J connectivity index is 1.72. The van der Waals surface area contributed by atoms with E-state index >= 15 is 0 Å². The molecule has 23 heavy (non-hydrogen) atoms. The molecule has 2 heterocycles. The van der Waals surface area contributed by atoms with Gasteiger partial charge < -0.3 is 4.90 Å². The summed E-state index contributed by atoms with van der Waals surface area (Å²) in [4.78, 5) is 37.4. The standard InChI is InChI=1S/C17H19N3O3/c21-15-8-9-16(22)20(18-15)12-17(23)19-10-4-7-14(19)11-13-5-2-1-3-6-13/h1-3,5-6,8-9,14H,4,7,10-12H2,(H,18,21). The molecule has 0 saturated carbocycles. The molecule has 0 bridgehead atoms. The summed E-state index contributed by atoms with van der Waals surface area (Å²) < 4.78 is 1.07. The van der Waals surface area contributed by atoms with Crippen molar-refractivity contribution in [1.29, 1.82) is 0 Å². The number of benzene rings is 1. The molecule has 1 unspecified atom stereocenters. The predicted octanol–water partition coefficient (Wildman–Crippen LogP) is 0.770. The van der Waals surface area contributed by atoms with Gasteiger partial charge in [-0.05, 0) is 24.8 Å². The molecule has 0 spiro atoms. The van der Waals surface area contributed by atoms with Gasteiger partial charge in [0.25, 0.3) is 11.1 Å². The van der Waals surface area contributed by atoms with E-state index in [1.807, 2.05) is 23.1 Å². The lowest BCUT2D eigenvalue weighted by atomic mass is 10.0. The first-order valence-electron chi connectivity index (χ1n) is 7.77. The van der Waals surface area contributed by atoms with Gasteiger partial charge in [0.2, 0.25) is 5.91 Å². The van der Waals surface area contributed by atoms with Crippen LogP contribution in [-0.2, 0) is 17.8 Å². The number of aromatic amines is 1. The Morgan fingerprint density at radius 1 is 1.13 bits per heavy atom. The quantitative estimate of drug-likeness (QED) is 0.906. The molecule has 6 heteroatoms. The molecule has 1 atom stereocenters. The zero-order chi connectivity index (χ0) is 16.2. The minimum Gasteiger partial charge on any atom is -0.338 e. The highest BCUT2D eigenvalue weighted by atomic mass is 16.2. The topological polar surface area (TPSA) is 75.2 Å². The van der Waals surface area contributed by atoms with E-state index in [4.69, 9.17) is 0 Å². The number of aromatic nitrogens is 2. The second kappa shape index (κ2) is 6.64. The molecule has 0 radical (unpaired) electrons. The number of nitrogens with zero attached hydrogens (tertiary/aromatic N) is 2. The monoisotopic (exact) mass is 313 g/mol. The number of likely N-dealkylation sites (tertiary alicyclic amines) is 1. The Hall–Kier alpha value is -2.63. The number of carbonyl (C=O) groups excluding carboxylic acids is 1. The van der Waals surface area contributed by atoms with Crippen molar-refractivity contribution in [1.82, 2.24) is 14.7 Å². The lowest BCUT2D eigenvalue weighted by molar-refractivity contribution is -0.132. The summed E-state index contributed by atoms with van der Waals surface area (Å²) in [5, 5.41) is 2.40. The number of H-pyrrole nitrogens is 1. The van der Waals surface area contributed by atoms with Crippen LogP contribution < -0.4 is 11.1 Å². The Bertz CT molecular complexity index is 794. The lowest BCUT2D eigenvalue weighted by Crippen LogP contribution is -2.41. The van der Waals surface area contributed by atoms with Crippen molar-refractivity contribution in [3.05, 3.63) is 68.7 Å². The van der Waals surface area contributed by atoms with Crippen LogP contribution in [-0.4, -0.2) is 33.2 Å². The van der Waals surface area contributed by atoms with Gasteiger partial charge in [0.1, 0.15) is 6.54 Å². The predicted molar refractivity (Wildman–Crippen MR) is 86.2 cm³/mol. The molecule has 1 aromatic heterocycles. The molecule has 1 aliphatic rings. The molecule has 1 N–H and O–H groups in total. The van der Waals surface area contributed by atoms with Crippen LogP contribution in [0.2, 0.25) is 0 Å². The summed E-state index contributed by atoms with van der Waals surface area (Å²) in [5.41, 5.74) is 0.430. The third-order valence-corrected chi connectivity index (χ3v) is 4.19. The summed E-state index contributed by atoms with van der Waals surface area (Å²) in [6.45, 7) is 0.572. The zero-order valence-electron chi connectivity index (χ0n) is 12.8. The van der Waals surface area contributed by atoms with E-state index in [1.54, 1.807) is 0 Å². The highest BCUT2D eigenvalue weighted by molar-refractivity contribution is 5.76. The minimum absolute atomic E-state index is 0.125. The highest BCUT2D eigenvalue weighted by Crippen LogP contribution is 2.21. The van der Waals surface area contributed by atoms with E-state index in [9.17, 15) is 14.4 Å². The number of carbonyl (C=O) groups is 1. The molecule has 1 aliphatic heterocycles. The number of amides is 1. The molecular formula is C17H19N3O3. The van der Waals surface area contributed by atoms with Crippen molar-refractivity contribution >= 4 is 5.91 Å². The maximum atomic E-state index is 12.5. The van der Waals surface area contributed by atoms with Crippen molar-refractivity contribution < 1.29 is 4.79 Å². The van der Waals surface area contributed by atoms with Crippen LogP contribution in [0.25, 0.3) is 0 Å². The minimum atomic E-state index is -0.389. The van der Waals surface area contributed by atoms with Crippen LogP contribution in [0.4, 0.5) is 0 Å². The summed E-state index contributed by atoms with van der Waals surface area (Å²) in [6.07, 6.45) is 2.73. The van der Waals surface area contributed by atoms with Gasteiger partial charge in [-0.15, -0.1) is 0 Å². The van der Waals surface area contributed by atoms with Gasteiger partial charge >= 0.3 is 0 Å². The van der Waals surface area contributed by atoms with Gasteiger partial charge in [-0.25, -0.2) is 4.68 Å². The SMILES string of the molecule is O=C(Cn1[nH]c(=O)ccc1=O)N1CCCC1Cc1ccccc1. The summed E-state index contributed by atoms with van der Waals surface area (Å²) in [7, 11) is 0. The van der Waals surface area contributed by atoms with Gasteiger partial charge in [-0.1, -0.05) is 30.3 Å². The summed E-state index contributed by atoms with van der Waals surface area (Å²) >= 11 is 0. The number of nitrogens with one attached hydrogen (secondary N) is 1. The fourth-order valence-corrected chi connectivity index (χ4v) is 3.07. The van der Waals surface area contributed by atoms with Gasteiger partial charge in [0.15, 0.2) is 0 Å². The molecule has 1 amide bonds. The van der Waals surface area contributed by atoms with E-state index < -0.39 is 0 Å². The third-order valence-electron chi connectivity index (χ3n) is 4.19. The smallest absolute Gasteiger partial charge is 0.265 e. The molecule has 1 saturated heterocycles.